The van der Waals surface area contributed by atoms with Gasteiger partial charge in [0.05, 0.1) is 25.5 Å². The minimum atomic E-state index is -0.0298. The highest BCUT2D eigenvalue weighted by Gasteiger charge is 2.25. The molecule has 0 bridgehead atoms. The van der Waals surface area contributed by atoms with Crippen molar-refractivity contribution in [3.63, 3.8) is 0 Å². The molecule has 176 valence electrons. The van der Waals surface area contributed by atoms with E-state index in [-0.39, 0.29) is 6.29 Å². The number of piperazine rings is 1. The molecule has 2 aromatic rings. The predicted molar refractivity (Wildman–Crippen MR) is 132 cm³/mol. The standard InChI is InChI=1S/C26H33N3O3S/c1-3-9-23-21(7-1)26(27-22-8-2-4-10-24(22)33-23)29-14-12-28(13-15-29)16-18-30-19-20-32-25-11-5-6-17-31-25/h1-4,7-10,25H,5-6,11-20H2. The number of ether oxygens (including phenoxy) is 3. The van der Waals surface area contributed by atoms with Crippen LogP contribution < -0.4 is 0 Å². The second-order valence-corrected chi connectivity index (χ2v) is 9.69. The Kier molecular flexibility index (Phi) is 7.96. The summed E-state index contributed by atoms with van der Waals surface area (Å²) in [4.78, 5) is 12.5. The molecule has 0 spiro atoms. The van der Waals surface area contributed by atoms with Gasteiger partial charge in [0.25, 0.3) is 0 Å². The number of aliphatic imine (C=N–C) groups is 1. The molecule has 0 N–H and O–H groups in total. The van der Waals surface area contributed by atoms with Crippen LogP contribution in [0.25, 0.3) is 0 Å². The van der Waals surface area contributed by atoms with Crippen LogP contribution in [0.2, 0.25) is 0 Å². The average Bonchev–Trinajstić information content (AvgIpc) is 3.04. The van der Waals surface area contributed by atoms with Gasteiger partial charge in [0.1, 0.15) is 5.84 Å². The van der Waals surface area contributed by atoms with E-state index in [0.717, 1.165) is 70.3 Å². The average molecular weight is 468 g/mol. The van der Waals surface area contributed by atoms with Crippen molar-refractivity contribution in [2.45, 2.75) is 35.3 Å². The van der Waals surface area contributed by atoms with Crippen LogP contribution >= 0.6 is 11.8 Å². The number of rotatable bonds is 7. The summed E-state index contributed by atoms with van der Waals surface area (Å²) in [5.41, 5.74) is 2.29. The fourth-order valence-corrected chi connectivity index (χ4v) is 5.49. The lowest BCUT2D eigenvalue weighted by atomic mass is 10.1. The number of benzene rings is 2. The zero-order chi connectivity index (χ0) is 22.3. The molecule has 0 aliphatic carbocycles. The molecule has 1 atom stereocenters. The van der Waals surface area contributed by atoms with Gasteiger partial charge in [0.2, 0.25) is 0 Å². The first-order valence-corrected chi connectivity index (χ1v) is 12.9. The van der Waals surface area contributed by atoms with Crippen molar-refractivity contribution in [3.05, 3.63) is 54.1 Å². The van der Waals surface area contributed by atoms with E-state index in [0.29, 0.717) is 13.2 Å². The highest BCUT2D eigenvalue weighted by atomic mass is 32.2. The van der Waals surface area contributed by atoms with Crippen molar-refractivity contribution in [2.24, 2.45) is 4.99 Å². The van der Waals surface area contributed by atoms with Crippen LogP contribution in [0.4, 0.5) is 5.69 Å². The second-order valence-electron chi connectivity index (χ2n) is 8.61. The fraction of sp³-hybridized carbons (Fsp3) is 0.500. The van der Waals surface area contributed by atoms with E-state index in [2.05, 4.69) is 58.3 Å². The first-order valence-electron chi connectivity index (χ1n) is 12.1. The fourth-order valence-electron chi connectivity index (χ4n) is 4.47. The summed E-state index contributed by atoms with van der Waals surface area (Å²) in [7, 11) is 0. The minimum Gasteiger partial charge on any atom is -0.378 e. The van der Waals surface area contributed by atoms with Gasteiger partial charge in [-0.25, -0.2) is 4.99 Å². The quantitative estimate of drug-likeness (QED) is 0.563. The molecule has 3 aliphatic rings. The highest BCUT2D eigenvalue weighted by molar-refractivity contribution is 7.99. The first kappa shape index (κ1) is 22.9. The van der Waals surface area contributed by atoms with Crippen molar-refractivity contribution < 1.29 is 14.2 Å². The second kappa shape index (κ2) is 11.5. The Morgan fingerprint density at radius 3 is 2.58 bits per heavy atom. The van der Waals surface area contributed by atoms with Gasteiger partial charge >= 0.3 is 0 Å². The monoisotopic (exact) mass is 467 g/mol. The number of amidine groups is 1. The molecule has 5 rings (SSSR count). The highest BCUT2D eigenvalue weighted by Crippen LogP contribution is 2.40. The third-order valence-electron chi connectivity index (χ3n) is 6.33. The van der Waals surface area contributed by atoms with E-state index in [9.17, 15) is 0 Å². The molecule has 7 heteroatoms. The van der Waals surface area contributed by atoms with Gasteiger partial charge in [0.15, 0.2) is 6.29 Å². The van der Waals surface area contributed by atoms with Crippen LogP contribution in [0.5, 0.6) is 0 Å². The van der Waals surface area contributed by atoms with Crippen molar-refractivity contribution >= 4 is 23.3 Å². The van der Waals surface area contributed by atoms with Crippen molar-refractivity contribution in [1.82, 2.24) is 9.80 Å². The Hall–Kier alpha value is -1.90. The Balaban J connectivity index is 1.10. The Morgan fingerprint density at radius 2 is 1.73 bits per heavy atom. The van der Waals surface area contributed by atoms with Crippen LogP contribution in [0.15, 0.2) is 63.3 Å². The minimum absolute atomic E-state index is 0.0298. The number of para-hydroxylation sites is 1. The van der Waals surface area contributed by atoms with Gasteiger partial charge in [-0.15, -0.1) is 0 Å². The molecule has 0 aromatic heterocycles. The number of fused-ring (bicyclic) bond motifs is 2. The lowest BCUT2D eigenvalue weighted by Gasteiger charge is -2.36. The molecule has 6 nitrogen and oxygen atoms in total. The summed E-state index contributed by atoms with van der Waals surface area (Å²) in [5.74, 6) is 1.10. The summed E-state index contributed by atoms with van der Waals surface area (Å²) in [5, 5.41) is 0. The molecule has 2 fully saturated rings. The smallest absolute Gasteiger partial charge is 0.157 e. The topological polar surface area (TPSA) is 46.5 Å². The molecule has 33 heavy (non-hydrogen) atoms. The summed E-state index contributed by atoms with van der Waals surface area (Å²) >= 11 is 1.81. The first-order chi connectivity index (χ1) is 16.4. The molecule has 2 aromatic carbocycles. The van der Waals surface area contributed by atoms with Crippen LogP contribution in [0.3, 0.4) is 0 Å². The van der Waals surface area contributed by atoms with E-state index in [1.54, 1.807) is 0 Å². The maximum absolute atomic E-state index is 5.81. The van der Waals surface area contributed by atoms with Crippen LogP contribution in [-0.2, 0) is 14.2 Å². The molecular weight excluding hydrogens is 434 g/mol. The number of hydrogen-bond donors (Lipinski definition) is 0. The summed E-state index contributed by atoms with van der Waals surface area (Å²) < 4.78 is 17.1. The Labute approximate surface area is 200 Å². The lowest BCUT2D eigenvalue weighted by Crippen LogP contribution is -2.49. The molecule has 1 unspecified atom stereocenters. The lowest BCUT2D eigenvalue weighted by molar-refractivity contribution is -0.169. The van der Waals surface area contributed by atoms with Gasteiger partial charge < -0.3 is 19.1 Å². The molecule has 0 radical (unpaired) electrons. The summed E-state index contributed by atoms with van der Waals surface area (Å²) in [6.45, 7) is 7.74. The maximum Gasteiger partial charge on any atom is 0.157 e. The summed E-state index contributed by atoms with van der Waals surface area (Å²) in [6, 6.07) is 17.1. The van der Waals surface area contributed by atoms with E-state index in [4.69, 9.17) is 19.2 Å². The van der Waals surface area contributed by atoms with Gasteiger partial charge in [-0.1, -0.05) is 42.1 Å². The zero-order valence-corrected chi connectivity index (χ0v) is 20.0. The van der Waals surface area contributed by atoms with Crippen LogP contribution in [0, 0.1) is 0 Å². The normalized spacial score (nSPS) is 21.2. The van der Waals surface area contributed by atoms with Crippen molar-refractivity contribution in [2.75, 3.05) is 59.2 Å². The molecular formula is C26H33N3O3S. The number of nitrogens with zero attached hydrogens (tertiary/aromatic N) is 3. The van der Waals surface area contributed by atoms with E-state index in [1.807, 2.05) is 11.8 Å². The molecule has 3 aliphatic heterocycles. The third-order valence-corrected chi connectivity index (χ3v) is 7.47. The Morgan fingerprint density at radius 1 is 0.909 bits per heavy atom. The zero-order valence-electron chi connectivity index (χ0n) is 19.2. The van der Waals surface area contributed by atoms with Gasteiger partial charge in [-0.2, -0.15) is 0 Å². The van der Waals surface area contributed by atoms with Gasteiger partial charge in [-0.3, -0.25) is 4.90 Å². The van der Waals surface area contributed by atoms with E-state index < -0.39 is 0 Å². The third kappa shape index (κ3) is 5.97. The number of hydrogen-bond acceptors (Lipinski definition) is 7. The van der Waals surface area contributed by atoms with E-state index in [1.165, 1.54) is 21.8 Å². The van der Waals surface area contributed by atoms with E-state index >= 15 is 0 Å². The van der Waals surface area contributed by atoms with Crippen molar-refractivity contribution in [3.8, 4) is 0 Å². The Bertz CT molecular complexity index is 940. The molecule has 0 saturated carbocycles. The van der Waals surface area contributed by atoms with Crippen LogP contribution in [-0.4, -0.2) is 81.1 Å². The predicted octanol–water partition coefficient (Wildman–Crippen LogP) is 4.41. The summed E-state index contributed by atoms with van der Waals surface area (Å²) in [6.07, 6.45) is 3.32. The van der Waals surface area contributed by atoms with Gasteiger partial charge in [-0.05, 0) is 37.5 Å². The molecule has 0 amide bonds. The maximum atomic E-state index is 5.81. The van der Waals surface area contributed by atoms with Crippen LogP contribution in [0.1, 0.15) is 24.8 Å². The SMILES string of the molecule is c1ccc2c(c1)N=C(N1CCN(CCOCCOC3CCCCO3)CC1)c1ccccc1S2. The molecule has 2 saturated heterocycles. The largest absolute Gasteiger partial charge is 0.378 e. The van der Waals surface area contributed by atoms with Crippen molar-refractivity contribution in [1.29, 1.82) is 0 Å². The van der Waals surface area contributed by atoms with Gasteiger partial charge in [0, 0.05) is 54.7 Å². The molecule has 3 heterocycles.